The van der Waals surface area contributed by atoms with Crippen molar-refractivity contribution >= 4 is 27.6 Å². The number of carbonyl (C=O) groups is 1. The van der Waals surface area contributed by atoms with Crippen LogP contribution in [-0.2, 0) is 13.0 Å². The van der Waals surface area contributed by atoms with E-state index >= 15 is 0 Å². The van der Waals surface area contributed by atoms with Crippen LogP contribution in [0.2, 0.25) is 0 Å². The lowest BCUT2D eigenvalue weighted by Gasteiger charge is -2.45. The number of halogens is 1. The second-order valence-electron chi connectivity index (χ2n) is 7.88. The molecule has 1 aromatic carbocycles. The van der Waals surface area contributed by atoms with E-state index < -0.39 is 0 Å². The number of aryl methyl sites for hydroxylation is 1. The van der Waals surface area contributed by atoms with Gasteiger partial charge in [-0.05, 0) is 53.2 Å². The number of carbonyl (C=O) groups excluding carboxylic acids is 1. The number of hydrogen-bond donors (Lipinski definition) is 1. The highest BCUT2D eigenvalue weighted by atomic mass is 79.9. The van der Waals surface area contributed by atoms with Gasteiger partial charge in [-0.25, -0.2) is 9.97 Å². The van der Waals surface area contributed by atoms with E-state index in [9.17, 15) is 4.79 Å². The summed E-state index contributed by atoms with van der Waals surface area (Å²) in [5, 5.41) is 3.75. The first kappa shape index (κ1) is 17.8. The van der Waals surface area contributed by atoms with Crippen molar-refractivity contribution in [3.8, 4) is 0 Å². The zero-order chi connectivity index (χ0) is 19.3. The van der Waals surface area contributed by atoms with Gasteiger partial charge in [0.1, 0.15) is 5.69 Å². The Morgan fingerprint density at radius 3 is 2.68 bits per heavy atom. The Bertz CT molecular complexity index is 1030. The number of imidazole rings is 1. The molecule has 2 aliphatic rings. The summed E-state index contributed by atoms with van der Waals surface area (Å²) in [5.41, 5.74) is 4.26. The first-order valence-corrected chi connectivity index (χ1v) is 10.5. The molecule has 3 aromatic rings. The van der Waals surface area contributed by atoms with Gasteiger partial charge in [-0.1, -0.05) is 24.3 Å². The fraction of sp³-hybridized carbons (Fsp3) is 0.381. The molecule has 0 unspecified atom stereocenters. The number of piperidine rings is 1. The van der Waals surface area contributed by atoms with Crippen molar-refractivity contribution in [3.05, 3.63) is 63.6 Å². The third-order valence-electron chi connectivity index (χ3n) is 6.11. The maximum atomic E-state index is 13.0. The summed E-state index contributed by atoms with van der Waals surface area (Å²) in [6, 6.07) is 8.65. The highest BCUT2D eigenvalue weighted by Gasteiger charge is 2.38. The largest absolute Gasteiger partial charge is 0.337 e. The van der Waals surface area contributed by atoms with Crippen LogP contribution >= 0.6 is 15.9 Å². The SMILES string of the molecule is Cc1nc2nc(C(=O)N3CCC4(CC3)Cc3ccccc3CN4)cn2cc1Br. The molecule has 1 saturated heterocycles. The fourth-order valence-corrected chi connectivity index (χ4v) is 4.66. The lowest BCUT2D eigenvalue weighted by atomic mass is 9.78. The van der Waals surface area contributed by atoms with Crippen molar-refractivity contribution < 1.29 is 4.79 Å². The highest BCUT2D eigenvalue weighted by Crippen LogP contribution is 2.32. The average Bonchev–Trinajstić information content (AvgIpc) is 3.11. The van der Waals surface area contributed by atoms with Gasteiger partial charge in [-0.3, -0.25) is 9.20 Å². The molecule has 7 heteroatoms. The van der Waals surface area contributed by atoms with E-state index in [1.807, 2.05) is 18.0 Å². The van der Waals surface area contributed by atoms with Gasteiger partial charge in [-0.2, -0.15) is 0 Å². The van der Waals surface area contributed by atoms with E-state index in [-0.39, 0.29) is 11.4 Å². The Kier molecular flexibility index (Phi) is 4.25. The molecule has 2 aromatic heterocycles. The summed E-state index contributed by atoms with van der Waals surface area (Å²) in [6.45, 7) is 4.33. The molecule has 0 aliphatic carbocycles. The fourth-order valence-electron chi connectivity index (χ4n) is 4.35. The monoisotopic (exact) mass is 439 g/mol. The zero-order valence-electron chi connectivity index (χ0n) is 15.8. The highest BCUT2D eigenvalue weighted by molar-refractivity contribution is 9.10. The summed E-state index contributed by atoms with van der Waals surface area (Å²) >= 11 is 3.48. The molecule has 1 N–H and O–H groups in total. The summed E-state index contributed by atoms with van der Waals surface area (Å²) in [6.07, 6.45) is 6.63. The lowest BCUT2D eigenvalue weighted by molar-refractivity contribution is 0.0626. The molecule has 1 fully saturated rings. The zero-order valence-corrected chi connectivity index (χ0v) is 17.4. The standard InChI is InChI=1S/C21H22BrN5O/c1-14-17(22)12-27-13-18(25-20(27)24-14)19(28)26-8-6-21(7-9-26)10-15-4-2-3-5-16(15)11-23-21/h2-5,12-13,23H,6-11H2,1H3. The van der Waals surface area contributed by atoms with E-state index in [1.54, 1.807) is 10.6 Å². The van der Waals surface area contributed by atoms with Crippen LogP contribution in [0.15, 0.2) is 41.1 Å². The number of nitrogens with one attached hydrogen (secondary N) is 1. The van der Waals surface area contributed by atoms with Crippen molar-refractivity contribution in [2.24, 2.45) is 0 Å². The van der Waals surface area contributed by atoms with Gasteiger partial charge in [0.05, 0.1) is 10.2 Å². The van der Waals surface area contributed by atoms with Gasteiger partial charge in [0.2, 0.25) is 5.78 Å². The van der Waals surface area contributed by atoms with Crippen molar-refractivity contribution in [2.75, 3.05) is 13.1 Å². The number of nitrogens with zero attached hydrogens (tertiary/aromatic N) is 4. The first-order valence-electron chi connectivity index (χ1n) is 9.66. The molecule has 0 saturated carbocycles. The number of hydrogen-bond acceptors (Lipinski definition) is 4. The molecule has 6 nitrogen and oxygen atoms in total. The Morgan fingerprint density at radius 1 is 1.14 bits per heavy atom. The third kappa shape index (κ3) is 3.02. The number of benzene rings is 1. The summed E-state index contributed by atoms with van der Waals surface area (Å²) in [7, 11) is 0. The number of fused-ring (bicyclic) bond motifs is 2. The van der Waals surface area contributed by atoms with Gasteiger partial charge >= 0.3 is 0 Å². The molecule has 0 radical (unpaired) electrons. The molecule has 0 bridgehead atoms. The topological polar surface area (TPSA) is 62.5 Å². The quantitative estimate of drug-likeness (QED) is 0.632. The summed E-state index contributed by atoms with van der Waals surface area (Å²) < 4.78 is 2.70. The van der Waals surface area contributed by atoms with Gasteiger partial charge in [0, 0.05) is 37.6 Å². The van der Waals surface area contributed by atoms with Crippen LogP contribution in [0.25, 0.3) is 5.78 Å². The van der Waals surface area contributed by atoms with Gasteiger partial charge in [0.25, 0.3) is 5.91 Å². The molecular weight excluding hydrogens is 418 g/mol. The second-order valence-corrected chi connectivity index (χ2v) is 8.73. The van der Waals surface area contributed by atoms with Crippen LogP contribution in [0.3, 0.4) is 0 Å². The maximum absolute atomic E-state index is 13.0. The van der Waals surface area contributed by atoms with Crippen LogP contribution in [0.5, 0.6) is 0 Å². The van der Waals surface area contributed by atoms with Crippen LogP contribution in [0, 0.1) is 6.92 Å². The van der Waals surface area contributed by atoms with Crippen LogP contribution in [0.1, 0.15) is 40.2 Å². The Balaban J connectivity index is 1.31. The minimum atomic E-state index is -0.00895. The normalized spacial score (nSPS) is 18.4. The Morgan fingerprint density at radius 2 is 1.89 bits per heavy atom. The number of rotatable bonds is 1. The second kappa shape index (κ2) is 6.67. The number of aromatic nitrogens is 3. The Hall–Kier alpha value is -2.25. The molecule has 144 valence electrons. The van der Waals surface area contributed by atoms with E-state index in [4.69, 9.17) is 0 Å². The van der Waals surface area contributed by atoms with Crippen LogP contribution in [-0.4, -0.2) is 43.8 Å². The van der Waals surface area contributed by atoms with E-state index in [0.29, 0.717) is 11.5 Å². The van der Waals surface area contributed by atoms with Gasteiger partial charge in [-0.15, -0.1) is 0 Å². The lowest BCUT2D eigenvalue weighted by Crippen LogP contribution is -2.57. The molecule has 4 heterocycles. The van der Waals surface area contributed by atoms with Crippen LogP contribution < -0.4 is 5.32 Å². The first-order chi connectivity index (χ1) is 13.5. The predicted molar refractivity (Wildman–Crippen MR) is 110 cm³/mol. The number of amides is 1. The van der Waals surface area contributed by atoms with E-state index in [0.717, 1.165) is 49.1 Å². The molecular formula is C21H22BrN5O. The van der Waals surface area contributed by atoms with Crippen molar-refractivity contribution in [3.63, 3.8) is 0 Å². The minimum Gasteiger partial charge on any atom is -0.337 e. The maximum Gasteiger partial charge on any atom is 0.274 e. The average molecular weight is 440 g/mol. The van der Waals surface area contributed by atoms with Crippen molar-refractivity contribution in [1.29, 1.82) is 0 Å². The van der Waals surface area contributed by atoms with Crippen LogP contribution in [0.4, 0.5) is 0 Å². The summed E-state index contributed by atoms with van der Waals surface area (Å²) in [4.78, 5) is 23.8. The minimum absolute atomic E-state index is 0.00895. The number of likely N-dealkylation sites (tertiary alicyclic amines) is 1. The van der Waals surface area contributed by atoms with Gasteiger partial charge < -0.3 is 10.2 Å². The van der Waals surface area contributed by atoms with E-state index in [2.05, 4.69) is 55.5 Å². The molecule has 2 aliphatic heterocycles. The smallest absolute Gasteiger partial charge is 0.274 e. The third-order valence-corrected chi connectivity index (χ3v) is 6.89. The molecule has 1 amide bonds. The molecule has 5 rings (SSSR count). The predicted octanol–water partition coefficient (Wildman–Crippen LogP) is 3.12. The van der Waals surface area contributed by atoms with E-state index in [1.165, 1.54) is 11.1 Å². The van der Waals surface area contributed by atoms with Gasteiger partial charge in [0.15, 0.2) is 0 Å². The summed E-state index contributed by atoms with van der Waals surface area (Å²) in [5.74, 6) is 0.549. The molecule has 0 atom stereocenters. The van der Waals surface area contributed by atoms with Crippen molar-refractivity contribution in [1.82, 2.24) is 24.6 Å². The van der Waals surface area contributed by atoms with Crippen molar-refractivity contribution in [2.45, 2.75) is 38.3 Å². The molecule has 28 heavy (non-hydrogen) atoms. The molecule has 1 spiro atoms. The Labute approximate surface area is 172 Å².